The number of hydrogen-bond acceptors (Lipinski definition) is 3. The molecule has 1 amide bonds. The fourth-order valence-electron chi connectivity index (χ4n) is 3.18. The van der Waals surface area contributed by atoms with Crippen molar-refractivity contribution in [2.45, 2.75) is 12.8 Å². The number of carbonyl (C=O) groups excluding carboxylic acids is 1. The van der Waals surface area contributed by atoms with E-state index in [1.54, 1.807) is 36.1 Å². The normalized spacial score (nSPS) is 14.5. The summed E-state index contributed by atoms with van der Waals surface area (Å²) in [6, 6.07) is 8.00. The summed E-state index contributed by atoms with van der Waals surface area (Å²) in [7, 11) is 1.79. The van der Waals surface area contributed by atoms with Crippen molar-refractivity contribution in [1.29, 1.82) is 0 Å². The van der Waals surface area contributed by atoms with Gasteiger partial charge in [0.2, 0.25) is 0 Å². The van der Waals surface area contributed by atoms with Crippen LogP contribution in [0.15, 0.2) is 36.5 Å². The summed E-state index contributed by atoms with van der Waals surface area (Å²) >= 11 is 0. The topological polar surface area (TPSA) is 51.0 Å². The quantitative estimate of drug-likeness (QED) is 0.728. The van der Waals surface area contributed by atoms with E-state index in [0.29, 0.717) is 22.5 Å². The second-order valence-electron chi connectivity index (χ2n) is 6.07. The molecule has 6 heteroatoms. The summed E-state index contributed by atoms with van der Waals surface area (Å²) in [5.41, 5.74) is 2.43. The Morgan fingerprint density at radius 3 is 2.75 bits per heavy atom. The molecule has 0 N–H and O–H groups in total. The average molecular weight is 324 g/mol. The van der Waals surface area contributed by atoms with Gasteiger partial charge in [-0.3, -0.25) is 9.48 Å². The molecule has 1 aromatic carbocycles. The van der Waals surface area contributed by atoms with E-state index in [1.165, 1.54) is 12.1 Å². The molecule has 3 heterocycles. The molecule has 2 aromatic heterocycles. The summed E-state index contributed by atoms with van der Waals surface area (Å²) < 4.78 is 15.2. The van der Waals surface area contributed by atoms with Crippen LogP contribution in [0.5, 0.6) is 0 Å². The monoisotopic (exact) mass is 324 g/mol. The van der Waals surface area contributed by atoms with Gasteiger partial charge in [0.1, 0.15) is 5.82 Å². The first-order chi connectivity index (χ1) is 11.6. The second kappa shape index (κ2) is 5.70. The van der Waals surface area contributed by atoms with Gasteiger partial charge in [0, 0.05) is 25.7 Å². The number of nitrogens with zero attached hydrogens (tertiary/aromatic N) is 4. The number of likely N-dealkylation sites (tertiary alicyclic amines) is 1. The molecule has 5 nitrogen and oxygen atoms in total. The maximum absolute atomic E-state index is 13.6. The summed E-state index contributed by atoms with van der Waals surface area (Å²) in [6.45, 7) is 1.55. The maximum atomic E-state index is 13.6. The molecule has 0 saturated carbocycles. The number of amides is 1. The van der Waals surface area contributed by atoms with E-state index < -0.39 is 0 Å². The largest absolute Gasteiger partial charge is 0.339 e. The molecule has 3 aromatic rings. The molecular weight excluding hydrogens is 307 g/mol. The lowest BCUT2D eigenvalue weighted by molar-refractivity contribution is 0.0794. The van der Waals surface area contributed by atoms with Crippen molar-refractivity contribution in [3.05, 3.63) is 47.9 Å². The number of fused-ring (bicyclic) bond motifs is 1. The minimum Gasteiger partial charge on any atom is -0.339 e. The summed E-state index contributed by atoms with van der Waals surface area (Å²) in [4.78, 5) is 19.3. The van der Waals surface area contributed by atoms with E-state index in [-0.39, 0.29) is 11.7 Å². The molecule has 0 bridgehead atoms. The molecule has 0 aliphatic carbocycles. The van der Waals surface area contributed by atoms with Crippen molar-refractivity contribution in [3.8, 4) is 11.3 Å². The van der Waals surface area contributed by atoms with Crippen molar-refractivity contribution in [3.63, 3.8) is 0 Å². The van der Waals surface area contributed by atoms with E-state index in [1.807, 2.05) is 4.90 Å². The van der Waals surface area contributed by atoms with Gasteiger partial charge < -0.3 is 4.90 Å². The number of carbonyl (C=O) groups is 1. The second-order valence-corrected chi connectivity index (χ2v) is 6.07. The van der Waals surface area contributed by atoms with Gasteiger partial charge in [-0.15, -0.1) is 0 Å². The Hall–Kier alpha value is -2.76. The van der Waals surface area contributed by atoms with Gasteiger partial charge in [0.05, 0.1) is 22.8 Å². The van der Waals surface area contributed by atoms with E-state index in [2.05, 4.69) is 10.1 Å². The van der Waals surface area contributed by atoms with Crippen molar-refractivity contribution in [2.24, 2.45) is 7.05 Å². The minimum absolute atomic E-state index is 0.00875. The van der Waals surface area contributed by atoms with Crippen LogP contribution in [0, 0.1) is 5.82 Å². The Kier molecular flexibility index (Phi) is 3.52. The standard InChI is InChI=1S/C18H17FN4O/c1-22-17-15(11-20-22)14(18(24)23-7-2-3-8-23)10-16(21-17)12-5-4-6-13(19)9-12/h4-6,9-11H,2-3,7-8H2,1H3. The first kappa shape index (κ1) is 14.8. The molecule has 1 fully saturated rings. The lowest BCUT2D eigenvalue weighted by Gasteiger charge is -2.16. The highest BCUT2D eigenvalue weighted by molar-refractivity contribution is 6.06. The van der Waals surface area contributed by atoms with Crippen molar-refractivity contribution in [2.75, 3.05) is 13.1 Å². The lowest BCUT2D eigenvalue weighted by atomic mass is 10.1. The minimum atomic E-state index is -0.327. The molecule has 0 unspecified atom stereocenters. The van der Waals surface area contributed by atoms with Gasteiger partial charge in [-0.05, 0) is 31.0 Å². The van der Waals surface area contributed by atoms with Crippen molar-refractivity contribution < 1.29 is 9.18 Å². The molecule has 0 radical (unpaired) electrons. The Morgan fingerprint density at radius 2 is 2.00 bits per heavy atom. The van der Waals surface area contributed by atoms with Gasteiger partial charge in [-0.25, -0.2) is 9.37 Å². The van der Waals surface area contributed by atoms with Crippen LogP contribution in [-0.4, -0.2) is 38.7 Å². The molecule has 24 heavy (non-hydrogen) atoms. The number of hydrogen-bond donors (Lipinski definition) is 0. The van der Waals surface area contributed by atoms with E-state index in [4.69, 9.17) is 0 Å². The highest BCUT2D eigenvalue weighted by Gasteiger charge is 2.23. The first-order valence-electron chi connectivity index (χ1n) is 8.01. The van der Waals surface area contributed by atoms with Gasteiger partial charge >= 0.3 is 0 Å². The predicted octanol–water partition coefficient (Wildman–Crippen LogP) is 3.01. The fourth-order valence-corrected chi connectivity index (χ4v) is 3.18. The first-order valence-corrected chi connectivity index (χ1v) is 8.01. The molecule has 0 spiro atoms. The predicted molar refractivity (Wildman–Crippen MR) is 89.0 cm³/mol. The summed E-state index contributed by atoms with van der Waals surface area (Å²) in [6.07, 6.45) is 3.73. The molecule has 1 aliphatic heterocycles. The van der Waals surface area contributed by atoms with Crippen LogP contribution in [0.2, 0.25) is 0 Å². The third kappa shape index (κ3) is 2.44. The number of aryl methyl sites for hydroxylation is 1. The molecule has 122 valence electrons. The highest BCUT2D eigenvalue weighted by atomic mass is 19.1. The number of aromatic nitrogens is 3. The zero-order chi connectivity index (χ0) is 16.7. The Morgan fingerprint density at radius 1 is 1.21 bits per heavy atom. The van der Waals surface area contributed by atoms with Gasteiger partial charge in [0.25, 0.3) is 5.91 Å². The molecular formula is C18H17FN4O. The third-order valence-corrected chi connectivity index (χ3v) is 4.45. The summed E-state index contributed by atoms with van der Waals surface area (Å²) in [5, 5.41) is 4.96. The number of rotatable bonds is 2. The fraction of sp³-hybridized carbons (Fsp3) is 0.278. The third-order valence-electron chi connectivity index (χ3n) is 4.45. The molecule has 0 atom stereocenters. The van der Waals surface area contributed by atoms with Crippen molar-refractivity contribution in [1.82, 2.24) is 19.7 Å². The summed E-state index contributed by atoms with van der Waals surface area (Å²) in [5.74, 6) is -0.336. The zero-order valence-electron chi connectivity index (χ0n) is 13.4. The van der Waals surface area contributed by atoms with Crippen LogP contribution in [-0.2, 0) is 7.05 Å². The van der Waals surface area contributed by atoms with E-state index in [0.717, 1.165) is 31.3 Å². The Labute approximate surface area is 138 Å². The number of pyridine rings is 1. The maximum Gasteiger partial charge on any atom is 0.254 e. The number of benzene rings is 1. The molecule has 4 rings (SSSR count). The molecule has 1 saturated heterocycles. The van der Waals surface area contributed by atoms with Crippen LogP contribution < -0.4 is 0 Å². The average Bonchev–Trinajstić information content (AvgIpc) is 3.24. The van der Waals surface area contributed by atoms with Crippen LogP contribution in [0.3, 0.4) is 0 Å². The Bertz CT molecular complexity index is 928. The van der Waals surface area contributed by atoms with Crippen molar-refractivity contribution >= 4 is 16.9 Å². The van der Waals surface area contributed by atoms with Crippen LogP contribution in [0.25, 0.3) is 22.3 Å². The smallest absolute Gasteiger partial charge is 0.254 e. The lowest BCUT2D eigenvalue weighted by Crippen LogP contribution is -2.27. The van der Waals surface area contributed by atoms with Crippen LogP contribution in [0.1, 0.15) is 23.2 Å². The Balaban J connectivity index is 1.90. The van der Waals surface area contributed by atoms with Gasteiger partial charge in [0.15, 0.2) is 5.65 Å². The zero-order valence-corrected chi connectivity index (χ0v) is 13.4. The van der Waals surface area contributed by atoms with E-state index in [9.17, 15) is 9.18 Å². The number of halogens is 1. The van der Waals surface area contributed by atoms with Crippen LogP contribution >= 0.6 is 0 Å². The van der Waals surface area contributed by atoms with Gasteiger partial charge in [-0.1, -0.05) is 12.1 Å². The SMILES string of the molecule is Cn1ncc2c(C(=O)N3CCCC3)cc(-c3cccc(F)c3)nc21. The molecule has 1 aliphatic rings. The van der Waals surface area contributed by atoms with Crippen LogP contribution in [0.4, 0.5) is 4.39 Å². The van der Waals surface area contributed by atoms with E-state index >= 15 is 0 Å². The van der Waals surface area contributed by atoms with Gasteiger partial charge in [-0.2, -0.15) is 5.10 Å². The highest BCUT2D eigenvalue weighted by Crippen LogP contribution is 2.26.